The lowest BCUT2D eigenvalue weighted by Gasteiger charge is -2.09. The van der Waals surface area contributed by atoms with E-state index in [0.717, 1.165) is 12.1 Å². The minimum Gasteiger partial charge on any atom is -0.493 e. The van der Waals surface area contributed by atoms with Crippen LogP contribution in [0.3, 0.4) is 0 Å². The summed E-state index contributed by atoms with van der Waals surface area (Å²) in [5.74, 6) is -2.04. The van der Waals surface area contributed by atoms with Gasteiger partial charge in [0.25, 0.3) is 0 Å². The molecular formula is C12H8FNO6. The van der Waals surface area contributed by atoms with Crippen molar-refractivity contribution in [2.75, 3.05) is 13.9 Å². The topological polar surface area (TPSA) is 91.0 Å². The van der Waals surface area contributed by atoms with Crippen molar-refractivity contribution < 1.29 is 33.0 Å². The molecule has 0 saturated carbocycles. The van der Waals surface area contributed by atoms with Crippen LogP contribution < -0.4 is 14.2 Å². The van der Waals surface area contributed by atoms with Crippen LogP contribution in [0.1, 0.15) is 10.6 Å². The Bertz CT molecular complexity index is 692. The number of methoxy groups -OCH3 is 1. The second-order valence-electron chi connectivity index (χ2n) is 3.88. The Labute approximate surface area is 111 Å². The molecule has 1 aromatic carbocycles. The van der Waals surface area contributed by atoms with Gasteiger partial charge < -0.3 is 23.8 Å². The van der Waals surface area contributed by atoms with Gasteiger partial charge in [0.15, 0.2) is 23.1 Å². The molecule has 7 nitrogen and oxygen atoms in total. The molecule has 0 saturated heterocycles. The number of ether oxygens (including phenoxy) is 3. The van der Waals surface area contributed by atoms with Crippen LogP contribution in [0.25, 0.3) is 11.3 Å². The van der Waals surface area contributed by atoms with E-state index >= 15 is 0 Å². The number of nitrogens with zero attached hydrogens (tertiary/aromatic N) is 1. The maximum absolute atomic E-state index is 13.9. The van der Waals surface area contributed by atoms with Crippen LogP contribution in [0.15, 0.2) is 16.7 Å². The van der Waals surface area contributed by atoms with E-state index in [1.165, 1.54) is 7.11 Å². The molecule has 8 heteroatoms. The molecule has 1 aliphatic heterocycles. The predicted molar refractivity (Wildman–Crippen MR) is 61.5 cm³/mol. The fourth-order valence-corrected chi connectivity index (χ4v) is 1.92. The zero-order chi connectivity index (χ0) is 14.3. The highest BCUT2D eigenvalue weighted by atomic mass is 19.1. The molecule has 1 N–H and O–H groups in total. The van der Waals surface area contributed by atoms with E-state index in [1.807, 2.05) is 0 Å². The Kier molecular flexibility index (Phi) is 2.70. The summed E-state index contributed by atoms with van der Waals surface area (Å²) in [6.07, 6.45) is 0. The highest BCUT2D eigenvalue weighted by Crippen LogP contribution is 2.48. The van der Waals surface area contributed by atoms with Crippen molar-refractivity contribution in [1.29, 1.82) is 0 Å². The van der Waals surface area contributed by atoms with Crippen molar-refractivity contribution in [3.8, 4) is 28.5 Å². The lowest BCUT2D eigenvalue weighted by atomic mass is 10.1. The minimum absolute atomic E-state index is 0.0709. The van der Waals surface area contributed by atoms with E-state index < -0.39 is 11.8 Å². The largest absolute Gasteiger partial charge is 0.493 e. The van der Waals surface area contributed by atoms with E-state index in [4.69, 9.17) is 19.3 Å². The first-order valence-corrected chi connectivity index (χ1v) is 5.48. The molecule has 0 aliphatic carbocycles. The van der Waals surface area contributed by atoms with Gasteiger partial charge in [-0.3, -0.25) is 0 Å². The van der Waals surface area contributed by atoms with Crippen molar-refractivity contribution in [2.24, 2.45) is 0 Å². The van der Waals surface area contributed by atoms with Crippen molar-refractivity contribution in [1.82, 2.24) is 5.16 Å². The first kappa shape index (κ1) is 12.3. The molecule has 2 aromatic rings. The number of fused-ring (bicyclic) bond motifs is 1. The third-order valence-corrected chi connectivity index (χ3v) is 2.75. The number of hydrogen-bond donors (Lipinski definition) is 1. The Morgan fingerprint density at radius 2 is 2.25 bits per heavy atom. The molecule has 0 radical (unpaired) electrons. The summed E-state index contributed by atoms with van der Waals surface area (Å²) in [5.41, 5.74) is 0.233. The summed E-state index contributed by atoms with van der Waals surface area (Å²) < 4.78 is 33.9. The van der Waals surface area contributed by atoms with Crippen LogP contribution in [0, 0.1) is 5.82 Å². The number of hydrogen-bond acceptors (Lipinski definition) is 6. The molecular weight excluding hydrogens is 273 g/mol. The second kappa shape index (κ2) is 4.41. The first-order valence-electron chi connectivity index (χ1n) is 5.48. The third-order valence-electron chi connectivity index (χ3n) is 2.75. The number of carboxylic acid groups (broad SMARTS) is 1. The van der Waals surface area contributed by atoms with Gasteiger partial charge in [0.05, 0.1) is 12.7 Å². The van der Waals surface area contributed by atoms with Crippen LogP contribution in [0.4, 0.5) is 4.39 Å². The zero-order valence-corrected chi connectivity index (χ0v) is 10.2. The van der Waals surface area contributed by atoms with Gasteiger partial charge in [-0.2, -0.15) is 0 Å². The Morgan fingerprint density at radius 1 is 1.45 bits per heavy atom. The summed E-state index contributed by atoms with van der Waals surface area (Å²) in [6.45, 7) is -0.0709. The number of benzene rings is 1. The SMILES string of the molecule is COc1c(F)cc2c(c1-c1cc(C(=O)O)on1)OCO2. The fourth-order valence-electron chi connectivity index (χ4n) is 1.92. The molecule has 0 fully saturated rings. The third kappa shape index (κ3) is 1.73. The number of carbonyl (C=O) groups is 1. The molecule has 0 spiro atoms. The molecule has 0 bridgehead atoms. The molecule has 0 unspecified atom stereocenters. The average molecular weight is 281 g/mol. The maximum Gasteiger partial charge on any atom is 0.374 e. The Hall–Kier alpha value is -2.77. The van der Waals surface area contributed by atoms with Crippen molar-refractivity contribution >= 4 is 5.97 Å². The van der Waals surface area contributed by atoms with Crippen LogP contribution >= 0.6 is 0 Å². The molecule has 3 rings (SSSR count). The number of carboxylic acids is 1. The standard InChI is InChI=1S/C12H8FNO6/c1-17-10-5(13)2-7-11(19-4-18-7)9(10)6-3-8(12(15)16)20-14-6/h2-3H,4H2,1H3,(H,15,16). The highest BCUT2D eigenvalue weighted by molar-refractivity contribution is 5.87. The molecule has 2 heterocycles. The Balaban J connectivity index is 2.23. The van der Waals surface area contributed by atoms with Crippen LogP contribution in [-0.2, 0) is 0 Å². The van der Waals surface area contributed by atoms with Gasteiger partial charge in [-0.05, 0) is 0 Å². The smallest absolute Gasteiger partial charge is 0.374 e. The summed E-state index contributed by atoms with van der Waals surface area (Å²) in [5, 5.41) is 12.4. The van der Waals surface area contributed by atoms with E-state index in [2.05, 4.69) is 9.68 Å². The predicted octanol–water partition coefficient (Wildman–Crippen LogP) is 1.92. The normalized spacial score (nSPS) is 12.5. The highest BCUT2D eigenvalue weighted by Gasteiger charge is 2.29. The van der Waals surface area contributed by atoms with E-state index in [0.29, 0.717) is 0 Å². The van der Waals surface area contributed by atoms with Gasteiger partial charge in [0, 0.05) is 12.1 Å². The number of rotatable bonds is 3. The summed E-state index contributed by atoms with van der Waals surface area (Å²) >= 11 is 0. The van der Waals surface area contributed by atoms with Crippen LogP contribution in [-0.4, -0.2) is 30.1 Å². The van der Waals surface area contributed by atoms with Gasteiger partial charge in [-0.1, -0.05) is 5.16 Å². The molecule has 20 heavy (non-hydrogen) atoms. The quantitative estimate of drug-likeness (QED) is 0.918. The number of halogens is 1. The zero-order valence-electron chi connectivity index (χ0n) is 10.2. The lowest BCUT2D eigenvalue weighted by Crippen LogP contribution is -1.95. The van der Waals surface area contributed by atoms with Crippen molar-refractivity contribution in [2.45, 2.75) is 0 Å². The second-order valence-corrected chi connectivity index (χ2v) is 3.88. The molecule has 0 atom stereocenters. The Morgan fingerprint density at radius 3 is 2.90 bits per heavy atom. The van der Waals surface area contributed by atoms with E-state index in [-0.39, 0.29) is 41.1 Å². The number of aromatic carboxylic acids is 1. The summed E-state index contributed by atoms with van der Waals surface area (Å²) in [4.78, 5) is 10.8. The van der Waals surface area contributed by atoms with Crippen molar-refractivity contribution in [3.05, 3.63) is 23.7 Å². The van der Waals surface area contributed by atoms with E-state index in [9.17, 15) is 9.18 Å². The van der Waals surface area contributed by atoms with Crippen LogP contribution in [0.2, 0.25) is 0 Å². The molecule has 0 amide bonds. The van der Waals surface area contributed by atoms with Crippen molar-refractivity contribution in [3.63, 3.8) is 0 Å². The number of aromatic nitrogens is 1. The van der Waals surface area contributed by atoms with Crippen LogP contribution in [0.5, 0.6) is 17.2 Å². The molecule has 1 aliphatic rings. The minimum atomic E-state index is -1.28. The first-order chi connectivity index (χ1) is 9.61. The monoisotopic (exact) mass is 281 g/mol. The molecule has 1 aromatic heterocycles. The fraction of sp³-hybridized carbons (Fsp3) is 0.167. The molecule has 104 valence electrons. The average Bonchev–Trinajstić information content (AvgIpc) is 3.05. The van der Waals surface area contributed by atoms with Gasteiger partial charge in [-0.25, -0.2) is 9.18 Å². The summed E-state index contributed by atoms with van der Waals surface area (Å²) in [6, 6.07) is 2.28. The van der Waals surface area contributed by atoms with Gasteiger partial charge in [0.1, 0.15) is 5.69 Å². The van der Waals surface area contributed by atoms with E-state index in [1.54, 1.807) is 0 Å². The van der Waals surface area contributed by atoms with Gasteiger partial charge in [-0.15, -0.1) is 0 Å². The lowest BCUT2D eigenvalue weighted by molar-refractivity contribution is 0.0652. The maximum atomic E-state index is 13.9. The summed E-state index contributed by atoms with van der Waals surface area (Å²) in [7, 11) is 1.28. The van der Waals surface area contributed by atoms with Gasteiger partial charge in [0.2, 0.25) is 12.6 Å². The van der Waals surface area contributed by atoms with Gasteiger partial charge >= 0.3 is 5.97 Å².